The third-order valence-electron chi connectivity index (χ3n) is 5.49. The Morgan fingerprint density at radius 3 is 2.62 bits per heavy atom. The normalized spacial score (nSPS) is 28.0. The first-order valence-corrected chi connectivity index (χ1v) is 8.10. The Morgan fingerprint density at radius 1 is 1.48 bits per heavy atom. The van der Waals surface area contributed by atoms with Gasteiger partial charge in [-0.05, 0) is 64.6 Å². The molecule has 1 unspecified atom stereocenters. The van der Waals surface area contributed by atoms with Gasteiger partial charge in [0.2, 0.25) is 0 Å². The van der Waals surface area contributed by atoms with Crippen LogP contribution in [0.1, 0.15) is 44.7 Å². The molecule has 0 spiro atoms. The van der Waals surface area contributed by atoms with Crippen LogP contribution in [0.2, 0.25) is 0 Å². The third-order valence-corrected chi connectivity index (χ3v) is 5.49. The molecule has 1 atom stereocenters. The topological polar surface area (TPSA) is 59.1 Å². The minimum Gasteiger partial charge on any atom is -0.302 e. The van der Waals surface area contributed by atoms with Gasteiger partial charge in [-0.15, -0.1) is 0 Å². The van der Waals surface area contributed by atoms with Crippen molar-refractivity contribution in [2.45, 2.75) is 57.0 Å². The van der Waals surface area contributed by atoms with Crippen LogP contribution < -0.4 is 11.3 Å². The molecule has 21 heavy (non-hydrogen) atoms. The van der Waals surface area contributed by atoms with Gasteiger partial charge in [0.05, 0.1) is 0 Å². The minimum atomic E-state index is 0.180. The van der Waals surface area contributed by atoms with Gasteiger partial charge in [-0.1, -0.05) is 6.92 Å². The molecule has 5 heteroatoms. The Balaban J connectivity index is 2.07. The van der Waals surface area contributed by atoms with Crippen molar-refractivity contribution in [1.29, 1.82) is 0 Å². The molecule has 120 valence electrons. The molecule has 0 saturated heterocycles. The number of nitrogens with two attached hydrogens (primary N) is 1. The highest BCUT2D eigenvalue weighted by atomic mass is 15.3. The monoisotopic (exact) mass is 293 g/mol. The predicted octanol–water partition coefficient (Wildman–Crippen LogP) is 1.70. The van der Waals surface area contributed by atoms with Crippen LogP contribution in [-0.4, -0.2) is 40.4 Å². The average Bonchev–Trinajstić information content (AvgIpc) is 2.87. The summed E-state index contributed by atoms with van der Waals surface area (Å²) in [5.41, 5.74) is 4.57. The Bertz CT molecular complexity index is 432. The Kier molecular flexibility index (Phi) is 5.41. The SMILES string of the molecule is CC1CCC(C(CCc2ccnn2C)NN)(N(C)C)CC1. The van der Waals surface area contributed by atoms with Crippen molar-refractivity contribution in [3.05, 3.63) is 18.0 Å². The van der Waals surface area contributed by atoms with E-state index in [0.717, 1.165) is 18.8 Å². The molecule has 0 bridgehead atoms. The van der Waals surface area contributed by atoms with Gasteiger partial charge in [0.15, 0.2) is 0 Å². The summed E-state index contributed by atoms with van der Waals surface area (Å²) in [7, 11) is 6.40. The standard InChI is InChI=1S/C16H31N5/c1-13-7-10-16(11-8-13,20(2)3)15(19-17)6-5-14-9-12-18-21(14)4/h9,12-13,15,19H,5-8,10-11,17H2,1-4H3. The summed E-state index contributed by atoms with van der Waals surface area (Å²) in [5.74, 6) is 6.78. The highest BCUT2D eigenvalue weighted by Gasteiger charge is 2.42. The van der Waals surface area contributed by atoms with E-state index in [-0.39, 0.29) is 5.54 Å². The van der Waals surface area contributed by atoms with E-state index in [1.165, 1.54) is 31.4 Å². The zero-order valence-electron chi connectivity index (χ0n) is 14.0. The van der Waals surface area contributed by atoms with Crippen LogP contribution in [0, 0.1) is 5.92 Å². The van der Waals surface area contributed by atoms with Crippen LogP contribution in [0.25, 0.3) is 0 Å². The number of hydrogen-bond donors (Lipinski definition) is 2. The average molecular weight is 293 g/mol. The number of aryl methyl sites for hydroxylation is 2. The smallest absolute Gasteiger partial charge is 0.0492 e. The number of nitrogens with zero attached hydrogens (tertiary/aromatic N) is 3. The van der Waals surface area contributed by atoms with Gasteiger partial charge in [0.25, 0.3) is 0 Å². The molecule has 0 radical (unpaired) electrons. The van der Waals surface area contributed by atoms with Gasteiger partial charge >= 0.3 is 0 Å². The van der Waals surface area contributed by atoms with Gasteiger partial charge in [0.1, 0.15) is 0 Å². The van der Waals surface area contributed by atoms with E-state index in [4.69, 9.17) is 5.84 Å². The second-order valence-corrected chi connectivity index (χ2v) is 6.88. The highest BCUT2D eigenvalue weighted by molar-refractivity contribution is 5.05. The fraction of sp³-hybridized carbons (Fsp3) is 0.812. The van der Waals surface area contributed by atoms with Crippen molar-refractivity contribution in [1.82, 2.24) is 20.1 Å². The van der Waals surface area contributed by atoms with Crippen LogP contribution >= 0.6 is 0 Å². The Labute approximate surface area is 128 Å². The van der Waals surface area contributed by atoms with Gasteiger partial charge in [0, 0.05) is 30.5 Å². The molecule has 0 amide bonds. The number of aromatic nitrogens is 2. The van der Waals surface area contributed by atoms with Gasteiger partial charge in [-0.2, -0.15) is 5.10 Å². The van der Waals surface area contributed by atoms with E-state index in [9.17, 15) is 0 Å². The largest absolute Gasteiger partial charge is 0.302 e. The highest BCUT2D eigenvalue weighted by Crippen LogP contribution is 2.38. The number of rotatable bonds is 6. The predicted molar refractivity (Wildman–Crippen MR) is 86.7 cm³/mol. The van der Waals surface area contributed by atoms with E-state index in [0.29, 0.717) is 6.04 Å². The van der Waals surface area contributed by atoms with E-state index in [2.05, 4.69) is 42.5 Å². The fourth-order valence-corrected chi connectivity index (χ4v) is 3.82. The fourth-order valence-electron chi connectivity index (χ4n) is 3.82. The van der Waals surface area contributed by atoms with Crippen LogP contribution in [-0.2, 0) is 13.5 Å². The molecule has 3 N–H and O–H groups in total. The molecule has 1 saturated carbocycles. The molecule has 1 aromatic heterocycles. The summed E-state index contributed by atoms with van der Waals surface area (Å²) in [6.07, 6.45) is 8.95. The lowest BCUT2D eigenvalue weighted by Crippen LogP contribution is -2.62. The maximum absolute atomic E-state index is 5.94. The van der Waals surface area contributed by atoms with Crippen LogP contribution in [0.5, 0.6) is 0 Å². The molecule has 0 aromatic carbocycles. The van der Waals surface area contributed by atoms with Crippen LogP contribution in [0.3, 0.4) is 0 Å². The number of likely N-dealkylation sites (N-methyl/N-ethyl adjacent to an activating group) is 1. The molecule has 1 aliphatic rings. The first-order valence-electron chi connectivity index (χ1n) is 8.10. The second kappa shape index (κ2) is 6.90. The zero-order chi connectivity index (χ0) is 15.5. The van der Waals surface area contributed by atoms with E-state index in [1.54, 1.807) is 0 Å². The molecule has 1 fully saturated rings. The summed E-state index contributed by atoms with van der Waals surface area (Å²) < 4.78 is 1.96. The van der Waals surface area contributed by atoms with Crippen molar-refractivity contribution in [2.24, 2.45) is 18.8 Å². The third kappa shape index (κ3) is 3.47. The van der Waals surface area contributed by atoms with Crippen molar-refractivity contribution >= 4 is 0 Å². The van der Waals surface area contributed by atoms with Crippen molar-refractivity contribution in [3.8, 4) is 0 Å². The molecular formula is C16H31N5. The molecular weight excluding hydrogens is 262 g/mol. The summed E-state index contributed by atoms with van der Waals surface area (Å²) in [6.45, 7) is 2.36. The minimum absolute atomic E-state index is 0.180. The summed E-state index contributed by atoms with van der Waals surface area (Å²) in [4.78, 5) is 2.40. The molecule has 1 aromatic rings. The second-order valence-electron chi connectivity index (χ2n) is 6.88. The molecule has 1 heterocycles. The Morgan fingerprint density at radius 2 is 2.14 bits per heavy atom. The van der Waals surface area contributed by atoms with Crippen molar-refractivity contribution < 1.29 is 0 Å². The van der Waals surface area contributed by atoms with Gasteiger partial charge in [-0.25, -0.2) is 0 Å². The number of hydrogen-bond acceptors (Lipinski definition) is 4. The lowest BCUT2D eigenvalue weighted by molar-refractivity contribution is 0.0403. The van der Waals surface area contributed by atoms with Crippen LogP contribution in [0.4, 0.5) is 0 Å². The lowest BCUT2D eigenvalue weighted by Gasteiger charge is -2.49. The molecule has 5 nitrogen and oxygen atoms in total. The molecule has 1 aliphatic carbocycles. The maximum atomic E-state index is 5.94. The zero-order valence-corrected chi connectivity index (χ0v) is 14.0. The number of nitrogens with one attached hydrogen (secondary N) is 1. The number of hydrazine groups is 1. The van der Waals surface area contributed by atoms with Crippen molar-refractivity contribution in [2.75, 3.05) is 14.1 Å². The lowest BCUT2D eigenvalue weighted by atomic mass is 9.71. The summed E-state index contributed by atoms with van der Waals surface area (Å²) >= 11 is 0. The molecule has 0 aliphatic heterocycles. The Hall–Kier alpha value is -0.910. The van der Waals surface area contributed by atoms with Crippen LogP contribution in [0.15, 0.2) is 12.3 Å². The van der Waals surface area contributed by atoms with Gasteiger partial charge in [-0.3, -0.25) is 16.0 Å². The maximum Gasteiger partial charge on any atom is 0.0492 e. The summed E-state index contributed by atoms with van der Waals surface area (Å²) in [6, 6.07) is 2.41. The van der Waals surface area contributed by atoms with E-state index >= 15 is 0 Å². The van der Waals surface area contributed by atoms with Gasteiger partial charge < -0.3 is 4.90 Å². The molecule has 2 rings (SSSR count). The first-order chi connectivity index (χ1) is 9.99. The van der Waals surface area contributed by atoms with E-state index in [1.807, 2.05) is 17.9 Å². The quantitative estimate of drug-likeness (QED) is 0.619. The van der Waals surface area contributed by atoms with Crippen molar-refractivity contribution in [3.63, 3.8) is 0 Å². The van der Waals surface area contributed by atoms with E-state index < -0.39 is 0 Å². The first kappa shape index (κ1) is 16.5. The summed E-state index contributed by atoms with van der Waals surface area (Å²) in [5, 5.41) is 4.25.